The van der Waals surface area contributed by atoms with E-state index in [0.717, 1.165) is 18.5 Å². The van der Waals surface area contributed by atoms with Crippen LogP contribution in [0.1, 0.15) is 35.1 Å². The molecule has 0 radical (unpaired) electrons. The second-order valence-corrected chi connectivity index (χ2v) is 5.68. The standard InChI is InChI=1S/C11H13IN2O3/c1-6-5-8(15)10(16)9(11(17)13(2)12)14(6)7-3-4-7/h5,7,16H,3-4H2,1-2H3. The molecule has 6 heteroatoms. The number of aromatic nitrogens is 1. The lowest BCUT2D eigenvalue weighted by Crippen LogP contribution is -2.25. The Labute approximate surface area is 113 Å². The van der Waals surface area contributed by atoms with Crippen molar-refractivity contribution >= 4 is 28.8 Å². The van der Waals surface area contributed by atoms with Crippen LogP contribution in [0.3, 0.4) is 0 Å². The van der Waals surface area contributed by atoms with Gasteiger partial charge >= 0.3 is 0 Å². The summed E-state index contributed by atoms with van der Waals surface area (Å²) in [6.45, 7) is 1.78. The third kappa shape index (κ3) is 2.18. The van der Waals surface area contributed by atoms with Crippen LogP contribution in [0.2, 0.25) is 0 Å². The Balaban J connectivity index is 2.69. The average Bonchev–Trinajstić information content (AvgIpc) is 3.05. The molecule has 0 saturated heterocycles. The van der Waals surface area contributed by atoms with Crippen molar-refractivity contribution < 1.29 is 9.90 Å². The molecule has 1 aliphatic carbocycles. The third-order valence-electron chi connectivity index (χ3n) is 2.81. The van der Waals surface area contributed by atoms with Crippen LogP contribution in [-0.2, 0) is 0 Å². The summed E-state index contributed by atoms with van der Waals surface area (Å²) in [4.78, 5) is 23.6. The van der Waals surface area contributed by atoms with Gasteiger partial charge in [0.1, 0.15) is 0 Å². The number of aromatic hydroxyl groups is 1. The van der Waals surface area contributed by atoms with Crippen molar-refractivity contribution in [1.29, 1.82) is 0 Å². The molecule has 1 aliphatic rings. The molecule has 0 atom stereocenters. The molecule has 0 spiro atoms. The largest absolute Gasteiger partial charge is 0.503 e. The molecule has 1 saturated carbocycles. The summed E-state index contributed by atoms with van der Waals surface area (Å²) < 4.78 is 3.11. The Bertz CT molecular complexity index is 532. The van der Waals surface area contributed by atoms with Crippen LogP contribution >= 0.6 is 22.9 Å². The number of nitrogens with zero attached hydrogens (tertiary/aromatic N) is 2. The monoisotopic (exact) mass is 348 g/mol. The third-order valence-corrected chi connectivity index (χ3v) is 3.25. The number of hydrogen-bond acceptors (Lipinski definition) is 3. The molecule has 0 unspecified atom stereocenters. The molecule has 1 N–H and O–H groups in total. The Morgan fingerprint density at radius 1 is 1.59 bits per heavy atom. The SMILES string of the molecule is Cc1cc(=O)c(O)c(C(=O)N(C)I)n1C1CC1. The zero-order valence-electron chi connectivity index (χ0n) is 9.61. The maximum absolute atomic E-state index is 12.0. The zero-order chi connectivity index (χ0) is 12.7. The Morgan fingerprint density at radius 3 is 2.65 bits per heavy atom. The summed E-state index contributed by atoms with van der Waals surface area (Å²) in [5, 5.41) is 9.81. The van der Waals surface area contributed by atoms with E-state index in [0.29, 0.717) is 0 Å². The molecular formula is C11H13IN2O3. The lowest BCUT2D eigenvalue weighted by molar-refractivity contribution is 0.0891. The number of pyridine rings is 1. The van der Waals surface area contributed by atoms with Crippen LogP contribution in [-0.4, -0.2) is 25.7 Å². The van der Waals surface area contributed by atoms with E-state index in [1.54, 1.807) is 18.5 Å². The molecule has 0 aromatic carbocycles. The van der Waals surface area contributed by atoms with E-state index < -0.39 is 11.2 Å². The van der Waals surface area contributed by atoms with Gasteiger partial charge in [0.25, 0.3) is 5.91 Å². The van der Waals surface area contributed by atoms with Gasteiger partial charge in [0.2, 0.25) is 5.43 Å². The van der Waals surface area contributed by atoms with Gasteiger partial charge in [0, 0.05) is 24.8 Å². The fourth-order valence-electron chi connectivity index (χ4n) is 1.89. The molecule has 5 nitrogen and oxygen atoms in total. The molecule has 92 valence electrons. The number of rotatable bonds is 2. The number of carbonyl (C=O) groups is 1. The van der Waals surface area contributed by atoms with Crippen molar-refractivity contribution in [3.05, 3.63) is 27.7 Å². The number of carbonyl (C=O) groups excluding carboxylic acids is 1. The quantitative estimate of drug-likeness (QED) is 0.653. The van der Waals surface area contributed by atoms with Gasteiger partial charge in [0.15, 0.2) is 11.4 Å². The molecule has 17 heavy (non-hydrogen) atoms. The second-order valence-electron chi connectivity index (χ2n) is 4.23. The van der Waals surface area contributed by atoms with Crippen LogP contribution in [0, 0.1) is 6.92 Å². The molecule has 1 amide bonds. The smallest absolute Gasteiger partial charge is 0.282 e. The molecule has 1 aromatic heterocycles. The van der Waals surface area contributed by atoms with Crippen LogP contribution in [0.4, 0.5) is 0 Å². The van der Waals surface area contributed by atoms with Gasteiger partial charge in [-0.05, 0) is 19.8 Å². The fraction of sp³-hybridized carbons (Fsp3) is 0.455. The minimum Gasteiger partial charge on any atom is -0.503 e. The minimum absolute atomic E-state index is 0.106. The molecule has 1 aromatic rings. The summed E-state index contributed by atoms with van der Waals surface area (Å²) in [5.74, 6) is -0.799. The number of hydrogen-bond donors (Lipinski definition) is 1. The van der Waals surface area contributed by atoms with Crippen molar-refractivity contribution in [3.8, 4) is 5.75 Å². The van der Waals surface area contributed by atoms with Gasteiger partial charge in [-0.3, -0.25) is 12.7 Å². The summed E-state index contributed by atoms with van der Waals surface area (Å²) in [5.41, 5.74) is 0.326. The average molecular weight is 348 g/mol. The number of amides is 1. The van der Waals surface area contributed by atoms with Gasteiger partial charge in [-0.25, -0.2) is 0 Å². The van der Waals surface area contributed by atoms with Crippen molar-refractivity contribution in [2.24, 2.45) is 0 Å². The second kappa shape index (κ2) is 4.32. The van der Waals surface area contributed by atoms with E-state index in [-0.39, 0.29) is 17.6 Å². The van der Waals surface area contributed by atoms with Gasteiger partial charge in [-0.2, -0.15) is 0 Å². The normalized spacial score (nSPS) is 14.8. The fourth-order valence-corrected chi connectivity index (χ4v) is 2.12. The maximum atomic E-state index is 12.0. The predicted molar refractivity (Wildman–Crippen MR) is 71.5 cm³/mol. The molecule has 0 bridgehead atoms. The Morgan fingerprint density at radius 2 is 2.18 bits per heavy atom. The van der Waals surface area contributed by atoms with Crippen LogP contribution < -0.4 is 5.43 Å². The molecule has 0 aliphatic heterocycles. The van der Waals surface area contributed by atoms with Crippen LogP contribution in [0.5, 0.6) is 5.75 Å². The van der Waals surface area contributed by atoms with E-state index >= 15 is 0 Å². The maximum Gasteiger partial charge on any atom is 0.282 e. The lowest BCUT2D eigenvalue weighted by atomic mass is 10.2. The number of halogens is 1. The number of aryl methyl sites for hydroxylation is 1. The van der Waals surface area contributed by atoms with E-state index in [2.05, 4.69) is 0 Å². The van der Waals surface area contributed by atoms with Gasteiger partial charge in [-0.1, -0.05) is 0 Å². The first kappa shape index (κ1) is 12.4. The Hall–Kier alpha value is -1.05. The zero-order valence-corrected chi connectivity index (χ0v) is 11.8. The van der Waals surface area contributed by atoms with E-state index in [1.807, 2.05) is 22.9 Å². The Kier molecular flexibility index (Phi) is 3.15. The van der Waals surface area contributed by atoms with Crippen LogP contribution in [0.25, 0.3) is 0 Å². The first-order valence-electron chi connectivity index (χ1n) is 5.32. The highest BCUT2D eigenvalue weighted by Gasteiger charge is 2.31. The van der Waals surface area contributed by atoms with Crippen molar-refractivity contribution in [1.82, 2.24) is 7.68 Å². The summed E-state index contributed by atoms with van der Waals surface area (Å²) in [6.07, 6.45) is 1.96. The highest BCUT2D eigenvalue weighted by Crippen LogP contribution is 2.38. The van der Waals surface area contributed by atoms with Gasteiger partial charge in [0.05, 0.1) is 22.9 Å². The van der Waals surface area contributed by atoms with Crippen molar-refractivity contribution in [3.63, 3.8) is 0 Å². The topological polar surface area (TPSA) is 62.5 Å². The van der Waals surface area contributed by atoms with E-state index in [9.17, 15) is 14.7 Å². The van der Waals surface area contributed by atoms with Crippen molar-refractivity contribution in [2.45, 2.75) is 25.8 Å². The summed E-state index contributed by atoms with van der Waals surface area (Å²) in [7, 11) is 1.59. The van der Waals surface area contributed by atoms with Crippen molar-refractivity contribution in [2.75, 3.05) is 7.05 Å². The first-order valence-corrected chi connectivity index (χ1v) is 6.29. The highest BCUT2D eigenvalue weighted by atomic mass is 127. The van der Waals surface area contributed by atoms with Gasteiger partial charge in [-0.15, -0.1) is 0 Å². The molecule has 1 fully saturated rings. The molecule has 1 heterocycles. The predicted octanol–water partition coefficient (Wildman–Crippen LogP) is 1.62. The van der Waals surface area contributed by atoms with Crippen LogP contribution in [0.15, 0.2) is 10.9 Å². The van der Waals surface area contributed by atoms with Gasteiger partial charge < -0.3 is 9.67 Å². The van der Waals surface area contributed by atoms with E-state index in [4.69, 9.17) is 0 Å². The molecule has 2 rings (SSSR count). The summed E-state index contributed by atoms with van der Waals surface area (Å²) in [6, 6.07) is 1.61. The minimum atomic E-state index is -0.499. The first-order chi connectivity index (χ1) is 7.93. The summed E-state index contributed by atoms with van der Waals surface area (Å²) >= 11 is 1.83. The van der Waals surface area contributed by atoms with E-state index in [1.165, 1.54) is 9.18 Å². The molecular weight excluding hydrogens is 335 g/mol. The lowest BCUT2D eigenvalue weighted by Gasteiger charge is -2.18. The highest BCUT2D eigenvalue weighted by molar-refractivity contribution is 14.1.